The number of carboxylic acid groups (broad SMARTS) is 1. The van der Waals surface area contributed by atoms with Gasteiger partial charge in [0.2, 0.25) is 0 Å². The Labute approximate surface area is 109 Å². The molecule has 0 saturated carbocycles. The molecule has 1 amide bonds. The van der Waals surface area contributed by atoms with Crippen LogP contribution >= 0.6 is 0 Å². The van der Waals surface area contributed by atoms with Crippen LogP contribution in [0.4, 0.5) is 4.79 Å². The fourth-order valence-electron chi connectivity index (χ4n) is 2.08. The maximum atomic E-state index is 11.4. The average Bonchev–Trinajstić information content (AvgIpc) is 2.79. The predicted octanol–water partition coefficient (Wildman–Crippen LogP) is 0.808. The maximum Gasteiger partial charge on any atom is 0.407 e. The summed E-state index contributed by atoms with van der Waals surface area (Å²) in [5.41, 5.74) is 0.818. The number of nitrogens with zero attached hydrogens (tertiary/aromatic N) is 2. The highest BCUT2D eigenvalue weighted by molar-refractivity contribution is 5.88. The minimum Gasteiger partial charge on any atom is -0.478 e. The molecule has 102 valence electrons. The number of aromatic nitrogens is 2. The molecule has 0 fully saturated rings. The van der Waals surface area contributed by atoms with Crippen LogP contribution in [0.2, 0.25) is 0 Å². The second kappa shape index (κ2) is 5.55. The smallest absolute Gasteiger partial charge is 0.407 e. The van der Waals surface area contributed by atoms with E-state index in [1.165, 1.54) is 12.3 Å². The lowest BCUT2D eigenvalue weighted by Crippen LogP contribution is -2.40. The highest BCUT2D eigenvalue weighted by Gasteiger charge is 2.26. The molecule has 1 aromatic rings. The van der Waals surface area contributed by atoms with Crippen molar-refractivity contribution in [2.24, 2.45) is 0 Å². The van der Waals surface area contributed by atoms with Crippen molar-refractivity contribution in [3.63, 3.8) is 0 Å². The molecule has 0 aromatic carbocycles. The van der Waals surface area contributed by atoms with Crippen LogP contribution in [0.3, 0.4) is 0 Å². The van der Waals surface area contributed by atoms with Crippen LogP contribution in [0.1, 0.15) is 22.5 Å². The molecule has 1 aliphatic heterocycles. The minimum absolute atomic E-state index is 0.139. The Morgan fingerprint density at radius 2 is 2.47 bits per heavy atom. The normalized spacial score (nSPS) is 17.4. The lowest BCUT2D eigenvalue weighted by Gasteiger charge is -2.24. The Morgan fingerprint density at radius 1 is 1.68 bits per heavy atom. The number of fused-ring (bicyclic) bond motifs is 1. The number of carbonyl (C=O) groups is 2. The third-order valence-corrected chi connectivity index (χ3v) is 2.96. The first-order valence-electron chi connectivity index (χ1n) is 5.94. The van der Waals surface area contributed by atoms with Gasteiger partial charge in [-0.1, -0.05) is 12.7 Å². The van der Waals surface area contributed by atoms with Gasteiger partial charge in [0.1, 0.15) is 12.2 Å². The second-order valence-corrected chi connectivity index (χ2v) is 4.25. The third-order valence-electron chi connectivity index (χ3n) is 2.96. The summed E-state index contributed by atoms with van der Waals surface area (Å²) in [5.74, 6) is -1.00. The van der Waals surface area contributed by atoms with Crippen molar-refractivity contribution in [3.8, 4) is 0 Å². The molecule has 0 bridgehead atoms. The van der Waals surface area contributed by atoms with E-state index < -0.39 is 12.1 Å². The van der Waals surface area contributed by atoms with E-state index in [1.54, 1.807) is 4.68 Å². The monoisotopic (exact) mass is 265 g/mol. The van der Waals surface area contributed by atoms with Crippen LogP contribution in [0.5, 0.6) is 0 Å². The SMILES string of the molecule is C=CCOC(=O)NC1CCn2ncc(C(=O)O)c2C1. The largest absolute Gasteiger partial charge is 0.478 e. The lowest BCUT2D eigenvalue weighted by molar-refractivity contribution is 0.0695. The number of carboxylic acids is 1. The summed E-state index contributed by atoms with van der Waals surface area (Å²) in [5, 5.41) is 15.8. The second-order valence-electron chi connectivity index (χ2n) is 4.25. The topological polar surface area (TPSA) is 93.5 Å². The zero-order valence-corrected chi connectivity index (χ0v) is 10.3. The van der Waals surface area contributed by atoms with E-state index >= 15 is 0 Å². The molecule has 2 heterocycles. The molecule has 2 rings (SSSR count). The Kier molecular flexibility index (Phi) is 3.84. The highest BCUT2D eigenvalue weighted by atomic mass is 16.5. The summed E-state index contributed by atoms with van der Waals surface area (Å²) in [6, 6.07) is -0.139. The van der Waals surface area contributed by atoms with Crippen LogP contribution in [0.15, 0.2) is 18.9 Å². The third kappa shape index (κ3) is 2.93. The molecule has 7 heteroatoms. The predicted molar refractivity (Wildman–Crippen MR) is 66.0 cm³/mol. The van der Waals surface area contributed by atoms with Crippen molar-refractivity contribution in [1.82, 2.24) is 15.1 Å². The molecule has 1 aromatic heterocycles. The molecule has 0 radical (unpaired) electrons. The van der Waals surface area contributed by atoms with Crippen molar-refractivity contribution in [3.05, 3.63) is 30.1 Å². The van der Waals surface area contributed by atoms with Crippen molar-refractivity contribution in [1.29, 1.82) is 0 Å². The molecule has 2 N–H and O–H groups in total. The van der Waals surface area contributed by atoms with Gasteiger partial charge in [-0.25, -0.2) is 9.59 Å². The van der Waals surface area contributed by atoms with E-state index in [2.05, 4.69) is 17.0 Å². The Bertz CT molecular complexity index is 509. The summed E-state index contributed by atoms with van der Waals surface area (Å²) >= 11 is 0. The molecule has 0 saturated heterocycles. The molecule has 7 nitrogen and oxygen atoms in total. The summed E-state index contributed by atoms with van der Waals surface area (Å²) in [4.78, 5) is 22.4. The van der Waals surface area contributed by atoms with Gasteiger partial charge in [-0.2, -0.15) is 5.10 Å². The fourth-order valence-corrected chi connectivity index (χ4v) is 2.08. The number of aryl methyl sites for hydroxylation is 1. The number of ether oxygens (including phenoxy) is 1. The van der Waals surface area contributed by atoms with Crippen LogP contribution < -0.4 is 5.32 Å². The maximum absolute atomic E-state index is 11.4. The van der Waals surface area contributed by atoms with Crippen LogP contribution in [0, 0.1) is 0 Å². The van der Waals surface area contributed by atoms with Gasteiger partial charge in [0.05, 0.1) is 11.9 Å². The number of carbonyl (C=O) groups excluding carboxylic acids is 1. The summed E-state index contributed by atoms with van der Waals surface area (Å²) < 4.78 is 6.50. The zero-order chi connectivity index (χ0) is 13.8. The molecule has 1 aliphatic rings. The number of amides is 1. The number of hydrogen-bond acceptors (Lipinski definition) is 4. The van der Waals surface area contributed by atoms with E-state index in [9.17, 15) is 9.59 Å². The van der Waals surface area contributed by atoms with Crippen molar-refractivity contribution in [2.75, 3.05) is 6.61 Å². The van der Waals surface area contributed by atoms with E-state index in [4.69, 9.17) is 9.84 Å². The van der Waals surface area contributed by atoms with Crippen molar-refractivity contribution < 1.29 is 19.4 Å². The number of alkyl carbamates (subject to hydrolysis) is 1. The summed E-state index contributed by atoms with van der Waals surface area (Å²) in [7, 11) is 0. The fraction of sp³-hybridized carbons (Fsp3) is 0.417. The standard InChI is InChI=1S/C12H15N3O4/c1-2-5-19-12(18)14-8-3-4-15-10(6-8)9(7-13-15)11(16)17/h2,7-8H,1,3-6H2,(H,14,18)(H,16,17). The van der Waals surface area contributed by atoms with Crippen molar-refractivity contribution in [2.45, 2.75) is 25.4 Å². The number of hydrogen-bond donors (Lipinski definition) is 2. The number of aromatic carboxylic acids is 1. The molecule has 19 heavy (non-hydrogen) atoms. The Balaban J connectivity index is 2.01. The van der Waals surface area contributed by atoms with Crippen LogP contribution in [-0.2, 0) is 17.7 Å². The molecule has 1 atom stereocenters. The van der Waals surface area contributed by atoms with E-state index in [0.29, 0.717) is 25.1 Å². The zero-order valence-electron chi connectivity index (χ0n) is 10.3. The first-order valence-corrected chi connectivity index (χ1v) is 5.94. The van der Waals surface area contributed by atoms with Gasteiger partial charge >= 0.3 is 12.1 Å². The molecule has 1 unspecified atom stereocenters. The van der Waals surface area contributed by atoms with Gasteiger partial charge in [0.15, 0.2) is 0 Å². The Hall–Kier alpha value is -2.31. The molecular formula is C12H15N3O4. The average molecular weight is 265 g/mol. The highest BCUT2D eigenvalue weighted by Crippen LogP contribution is 2.18. The minimum atomic E-state index is -1.00. The summed E-state index contributed by atoms with van der Waals surface area (Å²) in [6.45, 7) is 4.18. The summed E-state index contributed by atoms with van der Waals surface area (Å²) in [6.07, 6.45) is 3.44. The van der Waals surface area contributed by atoms with Crippen molar-refractivity contribution >= 4 is 12.1 Å². The number of nitrogens with one attached hydrogen (secondary N) is 1. The quantitative estimate of drug-likeness (QED) is 0.786. The van der Waals surface area contributed by atoms with Gasteiger partial charge in [0, 0.05) is 19.0 Å². The van der Waals surface area contributed by atoms with E-state index in [1.807, 2.05) is 0 Å². The molecular weight excluding hydrogens is 250 g/mol. The van der Waals surface area contributed by atoms with E-state index in [-0.39, 0.29) is 18.2 Å². The number of rotatable bonds is 4. The molecule has 0 spiro atoms. The lowest BCUT2D eigenvalue weighted by atomic mass is 10.0. The van der Waals surface area contributed by atoms with Gasteiger partial charge < -0.3 is 15.2 Å². The van der Waals surface area contributed by atoms with E-state index in [0.717, 1.165) is 0 Å². The first kappa shape index (κ1) is 13.1. The molecule has 0 aliphatic carbocycles. The Morgan fingerprint density at radius 3 is 3.16 bits per heavy atom. The van der Waals surface area contributed by atoms with Gasteiger partial charge in [-0.05, 0) is 6.42 Å². The van der Waals surface area contributed by atoms with Gasteiger partial charge in [0.25, 0.3) is 0 Å². The first-order chi connectivity index (χ1) is 9.11. The van der Waals surface area contributed by atoms with Crippen LogP contribution in [0.25, 0.3) is 0 Å². The van der Waals surface area contributed by atoms with Gasteiger partial charge in [-0.15, -0.1) is 0 Å². The van der Waals surface area contributed by atoms with Crippen LogP contribution in [-0.4, -0.2) is 39.6 Å². The van der Waals surface area contributed by atoms with Gasteiger partial charge in [-0.3, -0.25) is 4.68 Å².